The second-order valence-corrected chi connectivity index (χ2v) is 16.3. The molecular weight excluding hydrogens is 679 g/mol. The van der Waals surface area contributed by atoms with Gasteiger partial charge >= 0.3 is 0 Å². The molecule has 0 atom stereocenters. The molecule has 0 amide bonds. The van der Waals surface area contributed by atoms with Crippen LogP contribution in [-0.4, -0.2) is 0 Å². The average molecular weight is 712 g/mol. The highest BCUT2D eigenvalue weighted by atomic mass is 32.1. The lowest BCUT2D eigenvalue weighted by Gasteiger charge is -2.28. The molecule has 250 valence electrons. The van der Waals surface area contributed by atoms with Crippen molar-refractivity contribution in [3.05, 3.63) is 199 Å². The van der Waals surface area contributed by atoms with Crippen molar-refractivity contribution < 1.29 is 0 Å². The fraction of sp³-hybridized carbons (Fsp3) is 0.0400. The monoisotopic (exact) mass is 711 g/mol. The van der Waals surface area contributed by atoms with E-state index in [0.717, 1.165) is 11.4 Å². The van der Waals surface area contributed by atoms with E-state index in [2.05, 4.69) is 194 Å². The van der Waals surface area contributed by atoms with Crippen molar-refractivity contribution >= 4 is 80.1 Å². The van der Waals surface area contributed by atoms with Crippen molar-refractivity contribution in [2.45, 2.75) is 12.3 Å². The van der Waals surface area contributed by atoms with Crippen LogP contribution in [0.4, 0.5) is 17.1 Å². The molecule has 53 heavy (non-hydrogen) atoms. The summed E-state index contributed by atoms with van der Waals surface area (Å²) < 4.78 is 5.26. The zero-order valence-electron chi connectivity index (χ0n) is 29.1. The number of benzene rings is 8. The highest BCUT2D eigenvalue weighted by Gasteiger charge is 2.41. The Kier molecular flexibility index (Phi) is 6.79. The molecule has 0 radical (unpaired) electrons. The Hall–Kier alpha value is -6.00. The fourth-order valence-corrected chi connectivity index (χ4v) is 11.4. The Morgan fingerprint density at radius 3 is 1.72 bits per heavy atom. The average Bonchev–Trinajstić information content (AvgIpc) is 3.87. The van der Waals surface area contributed by atoms with E-state index < -0.39 is 0 Å². The maximum absolute atomic E-state index is 2.46. The van der Waals surface area contributed by atoms with E-state index in [1.807, 2.05) is 22.7 Å². The van der Waals surface area contributed by atoms with Gasteiger partial charge in [0.15, 0.2) is 0 Å². The van der Waals surface area contributed by atoms with Crippen LogP contribution in [0.3, 0.4) is 0 Å². The van der Waals surface area contributed by atoms with Crippen LogP contribution < -0.4 is 4.90 Å². The Balaban J connectivity index is 1.12. The fourth-order valence-electron chi connectivity index (χ4n) is 8.83. The van der Waals surface area contributed by atoms with Crippen LogP contribution in [0.2, 0.25) is 0 Å². The van der Waals surface area contributed by atoms with Crippen LogP contribution in [0.25, 0.3) is 62.6 Å². The number of rotatable bonds is 5. The van der Waals surface area contributed by atoms with E-state index in [1.165, 1.54) is 85.0 Å². The van der Waals surface area contributed by atoms with Crippen LogP contribution >= 0.6 is 22.7 Å². The molecule has 2 aromatic heterocycles. The Labute approximate surface area is 316 Å². The smallest absolute Gasteiger partial charge is 0.0640 e. The van der Waals surface area contributed by atoms with Gasteiger partial charge in [0.2, 0.25) is 0 Å². The van der Waals surface area contributed by atoms with Crippen molar-refractivity contribution in [2.24, 2.45) is 0 Å². The van der Waals surface area contributed by atoms with Gasteiger partial charge in [-0.25, -0.2) is 0 Å². The maximum Gasteiger partial charge on any atom is 0.0640 e. The van der Waals surface area contributed by atoms with E-state index in [4.69, 9.17) is 0 Å². The lowest BCUT2D eigenvalue weighted by atomic mass is 9.74. The molecule has 8 aromatic carbocycles. The highest BCUT2D eigenvalue weighted by molar-refractivity contribution is 7.26. The van der Waals surface area contributed by atoms with Crippen LogP contribution in [0.5, 0.6) is 0 Å². The second-order valence-electron chi connectivity index (χ2n) is 14.2. The summed E-state index contributed by atoms with van der Waals surface area (Å²) in [7, 11) is 0. The first-order valence-corrected chi connectivity index (χ1v) is 19.8. The third-order valence-corrected chi connectivity index (χ3v) is 13.8. The topological polar surface area (TPSA) is 3.24 Å². The van der Waals surface area contributed by atoms with Gasteiger partial charge in [-0.05, 0) is 82.3 Å². The van der Waals surface area contributed by atoms with Crippen LogP contribution in [-0.2, 0) is 5.41 Å². The molecule has 0 fully saturated rings. The normalized spacial score (nSPS) is 13.2. The zero-order valence-corrected chi connectivity index (χ0v) is 30.7. The molecule has 2 heterocycles. The van der Waals surface area contributed by atoms with Crippen LogP contribution in [0.15, 0.2) is 182 Å². The summed E-state index contributed by atoms with van der Waals surface area (Å²) in [6.45, 7) is 2.43. The van der Waals surface area contributed by atoms with Gasteiger partial charge in [-0.15, -0.1) is 22.7 Å². The molecule has 0 saturated heterocycles. The molecule has 0 spiro atoms. The molecule has 1 aliphatic rings. The third kappa shape index (κ3) is 4.54. The number of fused-ring (bicyclic) bond motifs is 9. The first-order valence-electron chi connectivity index (χ1n) is 18.2. The van der Waals surface area contributed by atoms with Crippen molar-refractivity contribution in [1.82, 2.24) is 0 Å². The standard InChI is InChI=1S/C50H33NS2/c1-50(42-20-8-5-15-36(42)37-16-6-9-21-43(37)50)44-22-11-18-40-39-30-29-35(31-47(39)53-48(40)44)51(34-27-25-33(26-28-34)32-13-3-2-4-14-32)45-23-12-19-41-38-17-7-10-24-46(38)52-49(41)45/h2-31H,1H3. The van der Waals surface area contributed by atoms with Crippen molar-refractivity contribution in [3.8, 4) is 22.3 Å². The number of anilines is 3. The first kappa shape index (κ1) is 30.6. The molecule has 0 unspecified atom stereocenters. The van der Waals surface area contributed by atoms with E-state index in [1.54, 1.807) is 0 Å². The minimum atomic E-state index is -0.250. The third-order valence-electron chi connectivity index (χ3n) is 11.4. The number of nitrogens with zero attached hydrogens (tertiary/aromatic N) is 1. The summed E-state index contributed by atoms with van der Waals surface area (Å²) in [5.74, 6) is 0. The van der Waals surface area contributed by atoms with Gasteiger partial charge in [0.25, 0.3) is 0 Å². The second kappa shape index (κ2) is 11.8. The van der Waals surface area contributed by atoms with E-state index in [9.17, 15) is 0 Å². The molecule has 0 bridgehead atoms. The quantitative estimate of drug-likeness (QED) is 0.172. The predicted octanol–water partition coefficient (Wildman–Crippen LogP) is 14.9. The maximum atomic E-state index is 2.46. The first-order chi connectivity index (χ1) is 26.2. The van der Waals surface area contributed by atoms with Gasteiger partial charge in [-0.2, -0.15) is 0 Å². The molecule has 0 saturated carbocycles. The summed E-state index contributed by atoms with van der Waals surface area (Å²) in [5, 5.41) is 5.23. The van der Waals surface area contributed by atoms with Gasteiger partial charge < -0.3 is 4.90 Å². The molecule has 0 N–H and O–H groups in total. The molecule has 1 nitrogen and oxygen atoms in total. The molecular formula is C50H33NS2. The zero-order chi connectivity index (χ0) is 35.1. The summed E-state index contributed by atoms with van der Waals surface area (Å²) in [5.41, 5.74) is 12.5. The highest BCUT2D eigenvalue weighted by Crippen LogP contribution is 2.55. The summed E-state index contributed by atoms with van der Waals surface area (Å²) in [4.78, 5) is 2.46. The van der Waals surface area contributed by atoms with Gasteiger partial charge in [-0.3, -0.25) is 0 Å². The molecule has 0 aliphatic heterocycles. The van der Waals surface area contributed by atoms with Crippen molar-refractivity contribution in [3.63, 3.8) is 0 Å². The largest absolute Gasteiger partial charge is 0.309 e. The number of thiophene rings is 2. The van der Waals surface area contributed by atoms with Crippen molar-refractivity contribution in [1.29, 1.82) is 0 Å². The minimum Gasteiger partial charge on any atom is -0.309 e. The minimum absolute atomic E-state index is 0.250. The van der Waals surface area contributed by atoms with Crippen LogP contribution in [0.1, 0.15) is 23.6 Å². The van der Waals surface area contributed by atoms with Gasteiger partial charge in [0.1, 0.15) is 0 Å². The SMILES string of the molecule is CC1(c2cccc3c2sc2cc(N(c4ccc(-c5ccccc5)cc4)c4cccc5c4sc4ccccc45)ccc23)c2ccccc2-c2ccccc21. The molecule has 3 heteroatoms. The van der Waals surface area contributed by atoms with E-state index in [-0.39, 0.29) is 5.41 Å². The summed E-state index contributed by atoms with van der Waals surface area (Å²) in [6.07, 6.45) is 0. The number of hydrogen-bond donors (Lipinski definition) is 0. The molecule has 11 rings (SSSR count). The Morgan fingerprint density at radius 2 is 0.943 bits per heavy atom. The lowest BCUT2D eigenvalue weighted by molar-refractivity contribution is 0.722. The Morgan fingerprint density at radius 1 is 0.396 bits per heavy atom. The van der Waals surface area contributed by atoms with Gasteiger partial charge in [0, 0.05) is 52.4 Å². The molecule has 10 aromatic rings. The van der Waals surface area contributed by atoms with E-state index >= 15 is 0 Å². The molecule has 1 aliphatic carbocycles. The number of hydrogen-bond acceptors (Lipinski definition) is 3. The van der Waals surface area contributed by atoms with Crippen LogP contribution in [0, 0.1) is 0 Å². The Bertz CT molecular complexity index is 2980. The van der Waals surface area contributed by atoms with E-state index in [0.29, 0.717) is 0 Å². The van der Waals surface area contributed by atoms with Crippen molar-refractivity contribution in [2.75, 3.05) is 4.90 Å². The lowest BCUT2D eigenvalue weighted by Crippen LogP contribution is -2.22. The summed E-state index contributed by atoms with van der Waals surface area (Å²) >= 11 is 3.81. The van der Waals surface area contributed by atoms with Gasteiger partial charge in [0.05, 0.1) is 10.4 Å². The predicted molar refractivity (Wildman–Crippen MR) is 230 cm³/mol. The summed E-state index contributed by atoms with van der Waals surface area (Å²) in [6, 6.07) is 67.2. The van der Waals surface area contributed by atoms with Gasteiger partial charge in [-0.1, -0.05) is 146 Å².